The van der Waals surface area contributed by atoms with E-state index in [0.717, 1.165) is 15.6 Å². The fourth-order valence-electron chi connectivity index (χ4n) is 3.35. The Morgan fingerprint density at radius 2 is 1.82 bits per heavy atom. The van der Waals surface area contributed by atoms with Crippen LogP contribution >= 0.6 is 11.3 Å². The number of nitrogens with two attached hydrogens (primary N) is 1. The average molecular weight is 461 g/mol. The summed E-state index contributed by atoms with van der Waals surface area (Å²) in [5, 5.41) is 14.3. The maximum absolute atomic E-state index is 12.5. The minimum Gasteiger partial charge on any atom is -0.497 e. The van der Waals surface area contributed by atoms with Crippen LogP contribution in [-0.2, 0) is 0 Å². The van der Waals surface area contributed by atoms with Gasteiger partial charge in [0.25, 0.3) is 0 Å². The van der Waals surface area contributed by atoms with Gasteiger partial charge in [0.15, 0.2) is 0 Å². The van der Waals surface area contributed by atoms with E-state index in [1.54, 1.807) is 31.4 Å². The van der Waals surface area contributed by atoms with E-state index in [9.17, 15) is 4.79 Å². The van der Waals surface area contributed by atoms with Gasteiger partial charge in [-0.05, 0) is 48.0 Å². The Kier molecular flexibility index (Phi) is 6.75. The summed E-state index contributed by atoms with van der Waals surface area (Å²) in [4.78, 5) is 13.2. The third-order valence-electron chi connectivity index (χ3n) is 5.02. The Morgan fingerprint density at radius 3 is 2.52 bits per heavy atom. The zero-order valence-corrected chi connectivity index (χ0v) is 18.8. The smallest absolute Gasteiger partial charge is 0.319 e. The van der Waals surface area contributed by atoms with E-state index < -0.39 is 6.10 Å². The number of hydrogen-bond donors (Lipinski definition) is 4. The molecule has 3 aromatic carbocycles. The van der Waals surface area contributed by atoms with E-state index in [4.69, 9.17) is 20.6 Å². The monoisotopic (exact) mass is 460 g/mol. The molecule has 0 saturated carbocycles. The molecule has 0 aliphatic heterocycles. The SMILES string of the molecule is COc1ccc(NC(=O)NCC(Oc2cccc3sc(C(=N)N)cc23)c2ccccc2)cc1. The Hall–Kier alpha value is -4.04. The number of methoxy groups -OCH3 is 1. The second-order valence-electron chi connectivity index (χ2n) is 7.27. The second kappa shape index (κ2) is 10.1. The standard InChI is InChI=1S/C25H24N4O3S/c1-31-18-12-10-17(11-13-18)29-25(30)28-15-21(16-6-3-2-4-7-16)32-20-8-5-9-22-19(20)14-23(33-22)24(26)27/h2-14,21H,15H2,1H3,(H3,26,27)(H2,28,29,30). The van der Waals surface area contributed by atoms with Crippen LogP contribution in [0.1, 0.15) is 16.5 Å². The lowest BCUT2D eigenvalue weighted by atomic mass is 10.1. The Bertz CT molecular complexity index is 1260. The van der Waals surface area contributed by atoms with Crippen molar-refractivity contribution in [2.24, 2.45) is 5.73 Å². The molecule has 8 heteroatoms. The molecule has 33 heavy (non-hydrogen) atoms. The Balaban J connectivity index is 1.51. The quantitative estimate of drug-likeness (QED) is 0.216. The van der Waals surface area contributed by atoms with Gasteiger partial charge in [-0.3, -0.25) is 5.41 Å². The van der Waals surface area contributed by atoms with E-state index in [1.165, 1.54) is 11.3 Å². The van der Waals surface area contributed by atoms with Crippen LogP contribution in [0.4, 0.5) is 10.5 Å². The molecule has 0 bridgehead atoms. The largest absolute Gasteiger partial charge is 0.497 e. The topological polar surface area (TPSA) is 109 Å². The highest BCUT2D eigenvalue weighted by atomic mass is 32.1. The molecule has 5 N–H and O–H groups in total. The lowest BCUT2D eigenvalue weighted by Crippen LogP contribution is -2.34. The summed E-state index contributed by atoms with van der Waals surface area (Å²) in [6.07, 6.45) is -0.418. The third kappa shape index (κ3) is 5.42. The van der Waals surface area contributed by atoms with E-state index in [1.807, 2.05) is 54.6 Å². The summed E-state index contributed by atoms with van der Waals surface area (Å²) in [5.74, 6) is 1.41. The minimum atomic E-state index is -0.418. The molecule has 1 aromatic heterocycles. The van der Waals surface area contributed by atoms with Crippen molar-refractivity contribution in [3.05, 3.63) is 89.3 Å². The molecule has 7 nitrogen and oxygen atoms in total. The van der Waals surface area contributed by atoms with Gasteiger partial charge < -0.3 is 25.8 Å². The van der Waals surface area contributed by atoms with Gasteiger partial charge >= 0.3 is 6.03 Å². The molecule has 0 spiro atoms. The number of nitrogens with one attached hydrogen (secondary N) is 3. The fraction of sp³-hybridized carbons (Fsp3) is 0.120. The molecule has 168 valence electrons. The van der Waals surface area contributed by atoms with Gasteiger partial charge in [0.1, 0.15) is 23.4 Å². The van der Waals surface area contributed by atoms with Crippen LogP contribution in [0.3, 0.4) is 0 Å². The summed E-state index contributed by atoms with van der Waals surface area (Å²) >= 11 is 1.45. The first-order chi connectivity index (χ1) is 16.0. The minimum absolute atomic E-state index is 0.0265. The number of amidine groups is 1. The van der Waals surface area contributed by atoms with Gasteiger partial charge in [0.05, 0.1) is 18.5 Å². The van der Waals surface area contributed by atoms with Crippen LogP contribution in [0, 0.1) is 5.41 Å². The number of anilines is 1. The lowest BCUT2D eigenvalue weighted by Gasteiger charge is -2.21. The number of thiophene rings is 1. The number of carbonyl (C=O) groups is 1. The molecule has 1 unspecified atom stereocenters. The van der Waals surface area contributed by atoms with Crippen molar-refractivity contribution in [2.75, 3.05) is 19.0 Å². The first-order valence-corrected chi connectivity index (χ1v) is 11.1. The molecular formula is C25H24N4O3S. The molecule has 1 heterocycles. The van der Waals surface area contributed by atoms with E-state index in [-0.39, 0.29) is 18.4 Å². The van der Waals surface area contributed by atoms with E-state index >= 15 is 0 Å². The summed E-state index contributed by atoms with van der Waals surface area (Å²) in [6.45, 7) is 0.256. The molecule has 4 rings (SSSR count). The Morgan fingerprint density at radius 1 is 1.06 bits per heavy atom. The van der Waals surface area contributed by atoms with Gasteiger partial charge in [0.2, 0.25) is 0 Å². The van der Waals surface area contributed by atoms with Crippen LogP contribution in [0.25, 0.3) is 10.1 Å². The second-order valence-corrected chi connectivity index (χ2v) is 8.36. The van der Waals surface area contributed by atoms with Crippen molar-refractivity contribution in [1.82, 2.24) is 5.32 Å². The molecule has 0 fully saturated rings. The summed E-state index contributed by atoms with van der Waals surface area (Å²) in [5.41, 5.74) is 7.26. The number of fused-ring (bicyclic) bond motifs is 1. The molecular weight excluding hydrogens is 436 g/mol. The normalized spacial score (nSPS) is 11.5. The summed E-state index contributed by atoms with van der Waals surface area (Å²) in [7, 11) is 1.59. The van der Waals surface area contributed by atoms with Crippen molar-refractivity contribution < 1.29 is 14.3 Å². The first-order valence-electron chi connectivity index (χ1n) is 10.3. The van der Waals surface area contributed by atoms with Gasteiger partial charge in [-0.15, -0.1) is 11.3 Å². The molecule has 0 radical (unpaired) electrons. The van der Waals surface area contributed by atoms with Gasteiger partial charge in [-0.25, -0.2) is 4.79 Å². The summed E-state index contributed by atoms with van der Waals surface area (Å²) < 4.78 is 12.5. The maximum atomic E-state index is 12.5. The molecule has 2 amide bonds. The number of ether oxygens (including phenoxy) is 2. The predicted octanol–water partition coefficient (Wildman–Crippen LogP) is 5.14. The highest BCUT2D eigenvalue weighted by Gasteiger charge is 2.17. The van der Waals surface area contributed by atoms with Crippen molar-refractivity contribution in [3.8, 4) is 11.5 Å². The molecule has 0 aliphatic rings. The number of urea groups is 1. The van der Waals surface area contributed by atoms with E-state index in [2.05, 4.69) is 10.6 Å². The number of hydrogen-bond acceptors (Lipinski definition) is 5. The maximum Gasteiger partial charge on any atom is 0.319 e. The number of rotatable bonds is 8. The average Bonchev–Trinajstić information content (AvgIpc) is 3.28. The highest BCUT2D eigenvalue weighted by molar-refractivity contribution is 7.20. The first kappa shape index (κ1) is 22.2. The number of carbonyl (C=O) groups excluding carboxylic acids is 1. The number of nitrogen functional groups attached to an aromatic ring is 1. The van der Waals surface area contributed by atoms with Crippen molar-refractivity contribution in [3.63, 3.8) is 0 Å². The lowest BCUT2D eigenvalue weighted by molar-refractivity contribution is 0.201. The van der Waals surface area contributed by atoms with Gasteiger partial charge in [-0.1, -0.05) is 36.4 Å². The predicted molar refractivity (Wildman–Crippen MR) is 133 cm³/mol. The van der Waals surface area contributed by atoms with Gasteiger partial charge in [-0.2, -0.15) is 0 Å². The summed E-state index contributed by atoms with van der Waals surface area (Å²) in [6, 6.07) is 24.1. The van der Waals surface area contributed by atoms with Crippen molar-refractivity contribution >= 4 is 39.0 Å². The van der Waals surface area contributed by atoms with Crippen LogP contribution in [0.15, 0.2) is 78.9 Å². The zero-order chi connectivity index (χ0) is 23.2. The fourth-order valence-corrected chi connectivity index (χ4v) is 4.29. The van der Waals surface area contributed by atoms with Crippen molar-refractivity contribution in [1.29, 1.82) is 5.41 Å². The zero-order valence-electron chi connectivity index (χ0n) is 18.0. The third-order valence-corrected chi connectivity index (χ3v) is 6.16. The molecule has 1 atom stereocenters. The molecule has 0 aliphatic carbocycles. The van der Waals surface area contributed by atoms with E-state index in [0.29, 0.717) is 22.1 Å². The highest BCUT2D eigenvalue weighted by Crippen LogP contribution is 2.35. The van der Waals surface area contributed by atoms with Crippen LogP contribution in [0.2, 0.25) is 0 Å². The molecule has 4 aromatic rings. The van der Waals surface area contributed by atoms with Crippen molar-refractivity contribution in [2.45, 2.75) is 6.10 Å². The molecule has 0 saturated heterocycles. The number of benzene rings is 3. The Labute approximate surface area is 195 Å². The van der Waals surface area contributed by atoms with Crippen LogP contribution in [0.5, 0.6) is 11.5 Å². The number of amides is 2. The van der Waals surface area contributed by atoms with Crippen LogP contribution in [-0.4, -0.2) is 25.5 Å². The van der Waals surface area contributed by atoms with Crippen LogP contribution < -0.4 is 25.8 Å². The van der Waals surface area contributed by atoms with Gasteiger partial charge in [0, 0.05) is 15.8 Å².